The lowest BCUT2D eigenvalue weighted by molar-refractivity contribution is -0.141. The summed E-state index contributed by atoms with van der Waals surface area (Å²) in [4.78, 5) is 14.6. The summed E-state index contributed by atoms with van der Waals surface area (Å²) >= 11 is 0. The fourth-order valence-corrected chi connectivity index (χ4v) is 3.29. The second-order valence-corrected chi connectivity index (χ2v) is 5.69. The van der Waals surface area contributed by atoms with Crippen LogP contribution in [0, 0.1) is 0 Å². The Labute approximate surface area is 126 Å². The van der Waals surface area contributed by atoms with E-state index in [-0.39, 0.29) is 18.1 Å². The Morgan fingerprint density at radius 3 is 2.76 bits per heavy atom. The zero-order chi connectivity index (χ0) is 14.7. The van der Waals surface area contributed by atoms with E-state index in [2.05, 4.69) is 12.1 Å². The van der Waals surface area contributed by atoms with Gasteiger partial charge in [-0.15, -0.1) is 0 Å². The summed E-state index contributed by atoms with van der Waals surface area (Å²) in [5, 5.41) is 0. The lowest BCUT2D eigenvalue weighted by Gasteiger charge is -2.27. The molecular weight excluding hydrogens is 266 g/mol. The fourth-order valence-electron chi connectivity index (χ4n) is 3.29. The van der Waals surface area contributed by atoms with E-state index in [1.165, 1.54) is 5.56 Å². The molecular formula is C17H23NO3. The van der Waals surface area contributed by atoms with Crippen LogP contribution >= 0.6 is 0 Å². The van der Waals surface area contributed by atoms with Gasteiger partial charge in [-0.2, -0.15) is 0 Å². The van der Waals surface area contributed by atoms with Gasteiger partial charge < -0.3 is 14.4 Å². The first-order valence-corrected chi connectivity index (χ1v) is 7.94. The number of carbonyl (C=O) groups is 1. The smallest absolute Gasteiger partial charge is 0.252 e. The Morgan fingerprint density at radius 2 is 2.10 bits per heavy atom. The van der Waals surface area contributed by atoms with Gasteiger partial charge in [0, 0.05) is 13.2 Å². The van der Waals surface area contributed by atoms with Gasteiger partial charge in [0.25, 0.3) is 5.91 Å². The molecule has 1 amide bonds. The molecule has 0 aromatic heterocycles. The van der Waals surface area contributed by atoms with Crippen molar-refractivity contribution in [3.63, 3.8) is 0 Å². The van der Waals surface area contributed by atoms with Gasteiger partial charge in [-0.3, -0.25) is 4.79 Å². The van der Waals surface area contributed by atoms with Crippen molar-refractivity contribution in [2.24, 2.45) is 0 Å². The standard InChI is InChI=1S/C17H23NO3/c1-2-20-14-9-7-13(8-10-14)15-5-3-11-18(15)17(19)16-6-4-12-21-16/h7-10,15-16H,2-6,11-12H2,1H3/t15-,16-/m1/s1. The van der Waals surface area contributed by atoms with Crippen molar-refractivity contribution in [1.29, 1.82) is 0 Å². The first kappa shape index (κ1) is 14.4. The largest absolute Gasteiger partial charge is 0.494 e. The maximum atomic E-state index is 12.6. The molecule has 0 saturated carbocycles. The SMILES string of the molecule is CCOc1ccc([C@H]2CCCN2C(=O)[C@H]2CCCO2)cc1. The third-order valence-corrected chi connectivity index (χ3v) is 4.32. The summed E-state index contributed by atoms with van der Waals surface area (Å²) in [6.45, 7) is 4.22. The fraction of sp³-hybridized carbons (Fsp3) is 0.588. The molecule has 2 atom stereocenters. The number of carbonyl (C=O) groups excluding carboxylic acids is 1. The molecule has 114 valence electrons. The van der Waals surface area contributed by atoms with Gasteiger partial charge in [0.15, 0.2) is 0 Å². The second kappa shape index (κ2) is 6.48. The minimum atomic E-state index is -0.215. The average molecular weight is 289 g/mol. The summed E-state index contributed by atoms with van der Waals surface area (Å²) in [6.07, 6.45) is 3.75. The van der Waals surface area contributed by atoms with E-state index < -0.39 is 0 Å². The van der Waals surface area contributed by atoms with Gasteiger partial charge in [0.1, 0.15) is 11.9 Å². The Balaban J connectivity index is 1.72. The lowest BCUT2D eigenvalue weighted by Crippen LogP contribution is -2.38. The number of amides is 1. The molecule has 2 fully saturated rings. The quantitative estimate of drug-likeness (QED) is 0.855. The highest BCUT2D eigenvalue weighted by atomic mass is 16.5. The molecule has 0 radical (unpaired) electrons. The number of hydrogen-bond donors (Lipinski definition) is 0. The predicted octanol–water partition coefficient (Wildman–Crippen LogP) is 2.93. The Morgan fingerprint density at radius 1 is 1.29 bits per heavy atom. The van der Waals surface area contributed by atoms with Gasteiger partial charge in [0.2, 0.25) is 0 Å². The van der Waals surface area contributed by atoms with Crippen LogP contribution in [-0.2, 0) is 9.53 Å². The van der Waals surface area contributed by atoms with E-state index in [1.54, 1.807) is 0 Å². The average Bonchev–Trinajstić information content (AvgIpc) is 3.19. The van der Waals surface area contributed by atoms with Crippen molar-refractivity contribution in [3.8, 4) is 5.75 Å². The van der Waals surface area contributed by atoms with Gasteiger partial charge in [-0.25, -0.2) is 0 Å². The minimum absolute atomic E-state index is 0.170. The molecule has 1 aromatic carbocycles. The Hall–Kier alpha value is -1.55. The van der Waals surface area contributed by atoms with Crippen molar-refractivity contribution in [3.05, 3.63) is 29.8 Å². The third kappa shape index (κ3) is 3.05. The normalized spacial score (nSPS) is 25.3. The van der Waals surface area contributed by atoms with E-state index in [9.17, 15) is 4.79 Å². The molecule has 0 aliphatic carbocycles. The molecule has 21 heavy (non-hydrogen) atoms. The zero-order valence-corrected chi connectivity index (χ0v) is 12.6. The molecule has 1 aromatic rings. The topological polar surface area (TPSA) is 38.8 Å². The molecule has 0 N–H and O–H groups in total. The van der Waals surface area contributed by atoms with E-state index in [0.29, 0.717) is 6.61 Å². The van der Waals surface area contributed by atoms with Crippen LogP contribution in [0.1, 0.15) is 44.2 Å². The highest BCUT2D eigenvalue weighted by Gasteiger charge is 2.35. The summed E-state index contributed by atoms with van der Waals surface area (Å²) in [5.74, 6) is 1.06. The molecule has 2 aliphatic heterocycles. The number of benzene rings is 1. The number of ether oxygens (including phenoxy) is 2. The van der Waals surface area contributed by atoms with Crippen molar-refractivity contribution in [1.82, 2.24) is 4.90 Å². The van der Waals surface area contributed by atoms with E-state index >= 15 is 0 Å². The highest BCUT2D eigenvalue weighted by molar-refractivity contribution is 5.82. The molecule has 4 nitrogen and oxygen atoms in total. The van der Waals surface area contributed by atoms with Gasteiger partial charge in [-0.05, 0) is 50.3 Å². The van der Waals surface area contributed by atoms with E-state index in [1.807, 2.05) is 24.0 Å². The number of likely N-dealkylation sites (tertiary alicyclic amines) is 1. The second-order valence-electron chi connectivity index (χ2n) is 5.69. The van der Waals surface area contributed by atoms with Crippen LogP contribution in [-0.4, -0.2) is 36.7 Å². The summed E-state index contributed by atoms with van der Waals surface area (Å²) in [5.41, 5.74) is 1.20. The molecule has 0 bridgehead atoms. The molecule has 0 spiro atoms. The first-order chi connectivity index (χ1) is 10.3. The van der Waals surface area contributed by atoms with Crippen LogP contribution < -0.4 is 4.74 Å². The van der Waals surface area contributed by atoms with E-state index in [4.69, 9.17) is 9.47 Å². The number of hydrogen-bond acceptors (Lipinski definition) is 3. The lowest BCUT2D eigenvalue weighted by atomic mass is 10.0. The first-order valence-electron chi connectivity index (χ1n) is 7.94. The summed E-state index contributed by atoms with van der Waals surface area (Å²) in [7, 11) is 0. The summed E-state index contributed by atoms with van der Waals surface area (Å²) < 4.78 is 11.0. The Bertz CT molecular complexity index is 479. The van der Waals surface area contributed by atoms with Gasteiger partial charge in [-0.1, -0.05) is 12.1 Å². The third-order valence-electron chi connectivity index (χ3n) is 4.32. The van der Waals surface area contributed by atoms with Crippen molar-refractivity contribution < 1.29 is 14.3 Å². The molecule has 4 heteroatoms. The molecule has 3 rings (SSSR count). The Kier molecular flexibility index (Phi) is 4.44. The number of rotatable bonds is 4. The maximum absolute atomic E-state index is 12.6. The number of nitrogens with zero attached hydrogens (tertiary/aromatic N) is 1. The van der Waals surface area contributed by atoms with Crippen molar-refractivity contribution in [2.45, 2.75) is 44.8 Å². The van der Waals surface area contributed by atoms with Crippen LogP contribution in [0.15, 0.2) is 24.3 Å². The van der Waals surface area contributed by atoms with Crippen molar-refractivity contribution >= 4 is 5.91 Å². The monoisotopic (exact) mass is 289 g/mol. The molecule has 0 unspecified atom stereocenters. The predicted molar refractivity (Wildman–Crippen MR) is 80.3 cm³/mol. The molecule has 2 heterocycles. The maximum Gasteiger partial charge on any atom is 0.252 e. The molecule has 2 saturated heterocycles. The summed E-state index contributed by atoms with van der Waals surface area (Å²) in [6, 6.07) is 8.34. The molecule has 2 aliphatic rings. The van der Waals surface area contributed by atoms with Crippen LogP contribution in [0.4, 0.5) is 0 Å². The van der Waals surface area contributed by atoms with Gasteiger partial charge in [0.05, 0.1) is 12.6 Å². The van der Waals surface area contributed by atoms with Crippen LogP contribution in [0.25, 0.3) is 0 Å². The van der Waals surface area contributed by atoms with Crippen LogP contribution in [0.2, 0.25) is 0 Å². The van der Waals surface area contributed by atoms with Crippen LogP contribution in [0.5, 0.6) is 5.75 Å². The van der Waals surface area contributed by atoms with Crippen molar-refractivity contribution in [2.75, 3.05) is 19.8 Å². The minimum Gasteiger partial charge on any atom is -0.494 e. The highest BCUT2D eigenvalue weighted by Crippen LogP contribution is 2.34. The van der Waals surface area contributed by atoms with Gasteiger partial charge >= 0.3 is 0 Å². The van der Waals surface area contributed by atoms with Crippen LogP contribution in [0.3, 0.4) is 0 Å². The zero-order valence-electron chi connectivity index (χ0n) is 12.6. The van der Waals surface area contributed by atoms with E-state index in [0.717, 1.165) is 44.6 Å².